The molecule has 1 atom stereocenters. The molecule has 1 N–H and O–H groups in total. The molecule has 0 aromatic carbocycles. The molecule has 4 heteroatoms. The van der Waals surface area contributed by atoms with Crippen LogP contribution in [-0.2, 0) is 9.53 Å². The zero-order valence-corrected chi connectivity index (χ0v) is 11.1. The Morgan fingerprint density at radius 3 is 2.83 bits per heavy atom. The van der Waals surface area contributed by atoms with Gasteiger partial charge in [0.1, 0.15) is 6.29 Å². The summed E-state index contributed by atoms with van der Waals surface area (Å²) in [7, 11) is 0. The second-order valence-corrected chi connectivity index (χ2v) is 5.85. The first-order valence-corrected chi connectivity index (χ1v) is 7.15. The number of ether oxygens (including phenoxy) is 1. The average Bonchev–Trinajstić information content (AvgIpc) is 2.41. The smallest absolute Gasteiger partial charge is 0.127 e. The molecule has 4 nitrogen and oxygen atoms in total. The summed E-state index contributed by atoms with van der Waals surface area (Å²) in [5.41, 5.74) is -0.181. The highest BCUT2D eigenvalue weighted by Gasteiger charge is 2.35. The molecule has 104 valence electrons. The van der Waals surface area contributed by atoms with Crippen molar-refractivity contribution in [3.05, 3.63) is 0 Å². The van der Waals surface area contributed by atoms with Gasteiger partial charge in [-0.15, -0.1) is 0 Å². The fourth-order valence-corrected chi connectivity index (χ4v) is 3.25. The highest BCUT2D eigenvalue weighted by Crippen LogP contribution is 2.31. The summed E-state index contributed by atoms with van der Waals surface area (Å²) in [4.78, 5) is 13.9. The first-order valence-electron chi connectivity index (χ1n) is 7.15. The summed E-state index contributed by atoms with van der Waals surface area (Å²) in [6.07, 6.45) is 6.18. The van der Waals surface area contributed by atoms with Crippen LogP contribution in [0, 0.1) is 11.3 Å². The van der Waals surface area contributed by atoms with Crippen LogP contribution in [0.5, 0.6) is 0 Å². The van der Waals surface area contributed by atoms with E-state index in [-0.39, 0.29) is 12.0 Å². The Bertz CT molecular complexity index is 262. The third-order valence-electron chi connectivity index (χ3n) is 4.42. The molecule has 2 aliphatic heterocycles. The molecular weight excluding hydrogens is 230 g/mol. The molecule has 0 aliphatic carbocycles. The van der Waals surface area contributed by atoms with Gasteiger partial charge in [0.25, 0.3) is 0 Å². The van der Waals surface area contributed by atoms with Gasteiger partial charge in [-0.1, -0.05) is 0 Å². The summed E-state index contributed by atoms with van der Waals surface area (Å²) >= 11 is 0. The molecule has 0 spiro atoms. The number of carbonyl (C=O) groups excluding carboxylic acids is 1. The Morgan fingerprint density at radius 2 is 2.17 bits per heavy atom. The molecule has 0 aromatic rings. The number of piperidine rings is 1. The van der Waals surface area contributed by atoms with Gasteiger partial charge < -0.3 is 19.5 Å². The lowest BCUT2D eigenvalue weighted by Gasteiger charge is -2.40. The van der Waals surface area contributed by atoms with Gasteiger partial charge in [-0.05, 0) is 44.6 Å². The van der Waals surface area contributed by atoms with Crippen molar-refractivity contribution in [3.63, 3.8) is 0 Å². The van der Waals surface area contributed by atoms with Gasteiger partial charge in [-0.25, -0.2) is 0 Å². The zero-order chi connectivity index (χ0) is 12.8. The number of aliphatic hydroxyl groups is 1. The number of hydrogen-bond donors (Lipinski definition) is 1. The predicted molar refractivity (Wildman–Crippen MR) is 69.4 cm³/mol. The molecule has 2 aliphatic rings. The highest BCUT2D eigenvalue weighted by molar-refractivity contribution is 5.60. The van der Waals surface area contributed by atoms with E-state index in [9.17, 15) is 4.79 Å². The van der Waals surface area contributed by atoms with Crippen LogP contribution < -0.4 is 0 Å². The van der Waals surface area contributed by atoms with Crippen molar-refractivity contribution in [2.75, 3.05) is 39.5 Å². The number of carbonyl (C=O) groups is 1. The SMILES string of the molecule is O=CC1(CN2CCCC(CCO)C2)CCOCC1. The molecule has 2 rings (SSSR count). The maximum atomic E-state index is 11.4. The topological polar surface area (TPSA) is 49.8 Å². The van der Waals surface area contributed by atoms with Crippen LogP contribution in [0.1, 0.15) is 32.1 Å². The Balaban J connectivity index is 1.88. The lowest BCUT2D eigenvalue weighted by molar-refractivity contribution is -0.123. The average molecular weight is 255 g/mol. The molecule has 0 radical (unpaired) electrons. The van der Waals surface area contributed by atoms with E-state index in [0.29, 0.717) is 19.1 Å². The van der Waals surface area contributed by atoms with E-state index in [1.807, 2.05) is 0 Å². The molecule has 0 amide bonds. The van der Waals surface area contributed by atoms with Crippen molar-refractivity contribution in [2.45, 2.75) is 32.1 Å². The third-order valence-corrected chi connectivity index (χ3v) is 4.42. The minimum atomic E-state index is -0.181. The van der Waals surface area contributed by atoms with E-state index in [1.54, 1.807) is 0 Å². The normalized spacial score (nSPS) is 29.1. The summed E-state index contributed by atoms with van der Waals surface area (Å²) in [6.45, 7) is 4.72. The minimum absolute atomic E-state index is 0.181. The van der Waals surface area contributed by atoms with Crippen LogP contribution in [0.4, 0.5) is 0 Å². The lowest BCUT2D eigenvalue weighted by atomic mass is 9.80. The molecule has 2 heterocycles. The summed E-state index contributed by atoms with van der Waals surface area (Å²) < 4.78 is 5.36. The van der Waals surface area contributed by atoms with E-state index >= 15 is 0 Å². The second-order valence-electron chi connectivity index (χ2n) is 5.85. The van der Waals surface area contributed by atoms with Gasteiger partial charge in [0.15, 0.2) is 0 Å². The van der Waals surface area contributed by atoms with Crippen LogP contribution in [0.2, 0.25) is 0 Å². The Labute approximate surface area is 109 Å². The molecule has 2 fully saturated rings. The van der Waals surface area contributed by atoms with Gasteiger partial charge in [-0.2, -0.15) is 0 Å². The molecule has 0 aromatic heterocycles. The van der Waals surface area contributed by atoms with E-state index < -0.39 is 0 Å². The van der Waals surface area contributed by atoms with Gasteiger partial charge in [0.05, 0.1) is 0 Å². The molecule has 18 heavy (non-hydrogen) atoms. The first kappa shape index (κ1) is 14.0. The quantitative estimate of drug-likeness (QED) is 0.747. The number of nitrogens with zero attached hydrogens (tertiary/aromatic N) is 1. The summed E-state index contributed by atoms with van der Waals surface area (Å²) in [6, 6.07) is 0. The van der Waals surface area contributed by atoms with Gasteiger partial charge >= 0.3 is 0 Å². The van der Waals surface area contributed by atoms with Crippen molar-refractivity contribution >= 4 is 6.29 Å². The first-order chi connectivity index (χ1) is 8.78. The summed E-state index contributed by atoms with van der Waals surface area (Å²) in [5, 5.41) is 9.03. The highest BCUT2D eigenvalue weighted by atomic mass is 16.5. The number of aldehydes is 1. The van der Waals surface area contributed by atoms with Gasteiger partial charge in [0.2, 0.25) is 0 Å². The summed E-state index contributed by atoms with van der Waals surface area (Å²) in [5.74, 6) is 0.604. The van der Waals surface area contributed by atoms with Crippen molar-refractivity contribution < 1.29 is 14.6 Å². The largest absolute Gasteiger partial charge is 0.396 e. The molecule has 2 saturated heterocycles. The number of likely N-dealkylation sites (tertiary alicyclic amines) is 1. The molecule has 1 unspecified atom stereocenters. The second kappa shape index (κ2) is 6.64. The minimum Gasteiger partial charge on any atom is -0.396 e. The maximum absolute atomic E-state index is 11.4. The van der Waals surface area contributed by atoms with E-state index in [2.05, 4.69) is 4.90 Å². The zero-order valence-electron chi connectivity index (χ0n) is 11.1. The van der Waals surface area contributed by atoms with Crippen LogP contribution in [-0.4, -0.2) is 55.7 Å². The predicted octanol–water partition coefficient (Wildman–Crippen LogP) is 1.08. The Kier molecular flexibility index (Phi) is 5.15. The molecule has 0 saturated carbocycles. The van der Waals surface area contributed by atoms with E-state index in [4.69, 9.17) is 9.84 Å². The number of aliphatic hydroxyl groups excluding tert-OH is 1. The number of rotatable bonds is 5. The third kappa shape index (κ3) is 3.53. The Morgan fingerprint density at radius 1 is 1.39 bits per heavy atom. The van der Waals surface area contributed by atoms with Crippen molar-refractivity contribution in [3.8, 4) is 0 Å². The van der Waals surface area contributed by atoms with Crippen LogP contribution in [0.15, 0.2) is 0 Å². The van der Waals surface area contributed by atoms with Crippen LogP contribution in [0.25, 0.3) is 0 Å². The standard InChI is InChI=1S/C14H25NO3/c16-7-3-13-2-1-6-15(10-13)11-14(12-17)4-8-18-9-5-14/h12-13,16H,1-11H2. The van der Waals surface area contributed by atoms with Crippen molar-refractivity contribution in [1.82, 2.24) is 4.90 Å². The van der Waals surface area contributed by atoms with E-state index in [1.165, 1.54) is 12.8 Å². The van der Waals surface area contributed by atoms with Crippen LogP contribution >= 0.6 is 0 Å². The van der Waals surface area contributed by atoms with Gasteiger partial charge in [0, 0.05) is 38.3 Å². The lowest BCUT2D eigenvalue weighted by Crippen LogP contribution is -2.46. The number of hydrogen-bond acceptors (Lipinski definition) is 4. The fraction of sp³-hybridized carbons (Fsp3) is 0.929. The molecule has 0 bridgehead atoms. The molecular formula is C14H25NO3. The van der Waals surface area contributed by atoms with E-state index in [0.717, 1.165) is 45.2 Å². The fourth-order valence-electron chi connectivity index (χ4n) is 3.25. The maximum Gasteiger partial charge on any atom is 0.127 e. The monoisotopic (exact) mass is 255 g/mol. The van der Waals surface area contributed by atoms with Crippen molar-refractivity contribution in [1.29, 1.82) is 0 Å². The van der Waals surface area contributed by atoms with Crippen LogP contribution in [0.3, 0.4) is 0 Å². The Hall–Kier alpha value is -0.450. The van der Waals surface area contributed by atoms with Crippen molar-refractivity contribution in [2.24, 2.45) is 11.3 Å². The van der Waals surface area contributed by atoms with Gasteiger partial charge in [-0.3, -0.25) is 0 Å².